The molecule has 3 atom stereocenters. The lowest BCUT2D eigenvalue weighted by molar-refractivity contribution is -0.136. The number of fused-ring (bicyclic) bond motifs is 1. The lowest BCUT2D eigenvalue weighted by Crippen LogP contribution is -2.52. The molecule has 0 aromatic carbocycles. The van der Waals surface area contributed by atoms with E-state index in [9.17, 15) is 14.4 Å². The van der Waals surface area contributed by atoms with Crippen molar-refractivity contribution in [1.29, 1.82) is 0 Å². The summed E-state index contributed by atoms with van der Waals surface area (Å²) in [5, 5.41) is 0. The van der Waals surface area contributed by atoms with E-state index in [4.69, 9.17) is 0 Å². The molecule has 0 saturated heterocycles. The summed E-state index contributed by atoms with van der Waals surface area (Å²) in [6, 6.07) is 0. The first-order chi connectivity index (χ1) is 11.7. The zero-order valence-electron chi connectivity index (χ0n) is 16.1. The van der Waals surface area contributed by atoms with Crippen molar-refractivity contribution in [2.45, 2.75) is 59.8 Å². The number of hydrogen-bond donors (Lipinski definition) is 0. The summed E-state index contributed by atoms with van der Waals surface area (Å²) in [6.07, 6.45) is 8.31. The molecular formula is C21H30O4. The number of rotatable bonds is 5. The van der Waals surface area contributed by atoms with Gasteiger partial charge in [-0.15, -0.1) is 0 Å². The normalized spacial score (nSPS) is 31.8. The van der Waals surface area contributed by atoms with Crippen LogP contribution in [0.5, 0.6) is 0 Å². The van der Waals surface area contributed by atoms with Crippen LogP contribution in [0.15, 0.2) is 23.3 Å². The van der Waals surface area contributed by atoms with E-state index in [1.54, 1.807) is 0 Å². The molecule has 2 aliphatic rings. The number of ether oxygens (including phenoxy) is 1. The number of allylic oxidation sites excluding steroid dienone is 3. The van der Waals surface area contributed by atoms with Gasteiger partial charge in [-0.05, 0) is 61.0 Å². The second kappa shape index (κ2) is 7.27. The second-order valence-corrected chi connectivity index (χ2v) is 8.52. The van der Waals surface area contributed by atoms with E-state index >= 15 is 0 Å². The van der Waals surface area contributed by atoms with Gasteiger partial charge in [0.1, 0.15) is 6.29 Å². The van der Waals surface area contributed by atoms with Crippen LogP contribution >= 0.6 is 0 Å². The molecule has 0 aromatic heterocycles. The molecule has 0 aromatic rings. The number of hydrogen-bond acceptors (Lipinski definition) is 4. The summed E-state index contributed by atoms with van der Waals surface area (Å²) in [6.45, 7) is 8.66. The topological polar surface area (TPSA) is 60.4 Å². The van der Waals surface area contributed by atoms with Gasteiger partial charge in [0.25, 0.3) is 0 Å². The third-order valence-electron chi connectivity index (χ3n) is 6.36. The molecule has 0 heterocycles. The van der Waals surface area contributed by atoms with E-state index in [0.29, 0.717) is 12.0 Å². The smallest absolute Gasteiger partial charge is 0.330 e. The monoisotopic (exact) mass is 346 g/mol. The number of ketones is 1. The highest BCUT2D eigenvalue weighted by Crippen LogP contribution is 2.59. The predicted molar refractivity (Wildman–Crippen MR) is 96.9 cm³/mol. The Morgan fingerprint density at radius 3 is 2.60 bits per heavy atom. The van der Waals surface area contributed by atoms with E-state index < -0.39 is 5.97 Å². The molecule has 4 heteroatoms. The Balaban J connectivity index is 2.28. The van der Waals surface area contributed by atoms with Crippen LogP contribution in [0.25, 0.3) is 0 Å². The highest BCUT2D eigenvalue weighted by Gasteiger charge is 2.55. The van der Waals surface area contributed by atoms with Gasteiger partial charge < -0.3 is 4.74 Å². The first-order valence-electron chi connectivity index (χ1n) is 9.11. The summed E-state index contributed by atoms with van der Waals surface area (Å²) in [5.74, 6) is 0.0141. The third-order valence-corrected chi connectivity index (χ3v) is 6.36. The molecule has 2 rings (SSSR count). The van der Waals surface area contributed by atoms with Crippen molar-refractivity contribution in [3.05, 3.63) is 23.3 Å². The van der Waals surface area contributed by atoms with Crippen molar-refractivity contribution >= 4 is 18.0 Å². The van der Waals surface area contributed by atoms with Crippen molar-refractivity contribution < 1.29 is 19.1 Å². The number of aldehydes is 1. The third kappa shape index (κ3) is 3.78. The van der Waals surface area contributed by atoms with E-state index in [1.165, 1.54) is 13.2 Å². The zero-order valence-corrected chi connectivity index (χ0v) is 16.1. The Bertz CT molecular complexity index is 626. The van der Waals surface area contributed by atoms with Gasteiger partial charge in [-0.2, -0.15) is 0 Å². The number of carbonyl (C=O) groups excluding carboxylic acids is 3. The van der Waals surface area contributed by atoms with Gasteiger partial charge in [-0.25, -0.2) is 4.79 Å². The summed E-state index contributed by atoms with van der Waals surface area (Å²) in [5.41, 5.74) is 1.46. The summed E-state index contributed by atoms with van der Waals surface area (Å²) < 4.78 is 4.61. The summed E-state index contributed by atoms with van der Waals surface area (Å²) in [4.78, 5) is 35.5. The fourth-order valence-electron chi connectivity index (χ4n) is 5.36. The van der Waals surface area contributed by atoms with Crippen LogP contribution in [0.2, 0.25) is 0 Å². The van der Waals surface area contributed by atoms with Crippen LogP contribution in [0.3, 0.4) is 0 Å². The fourth-order valence-corrected chi connectivity index (χ4v) is 5.36. The largest absolute Gasteiger partial charge is 0.466 e. The molecule has 1 fully saturated rings. The van der Waals surface area contributed by atoms with Crippen molar-refractivity contribution in [2.24, 2.45) is 22.7 Å². The maximum atomic E-state index is 12.8. The number of methoxy groups -OCH3 is 1. The quantitative estimate of drug-likeness (QED) is 0.428. The Labute approximate surface area is 150 Å². The molecule has 3 unspecified atom stereocenters. The Morgan fingerprint density at radius 2 is 2.00 bits per heavy atom. The predicted octanol–water partition coefficient (Wildman–Crippen LogP) is 4.04. The number of carbonyl (C=O) groups is 3. The van der Waals surface area contributed by atoms with Crippen molar-refractivity contribution in [2.75, 3.05) is 7.11 Å². The van der Waals surface area contributed by atoms with Gasteiger partial charge in [0.15, 0.2) is 5.78 Å². The van der Waals surface area contributed by atoms with Gasteiger partial charge in [-0.1, -0.05) is 32.8 Å². The highest BCUT2D eigenvalue weighted by molar-refractivity contribution is 5.95. The lowest BCUT2D eigenvalue weighted by atomic mass is 9.48. The average molecular weight is 346 g/mol. The molecule has 0 spiro atoms. The molecule has 0 aliphatic heterocycles. The molecule has 0 radical (unpaired) electrons. The Morgan fingerprint density at radius 1 is 1.32 bits per heavy atom. The molecule has 25 heavy (non-hydrogen) atoms. The minimum atomic E-state index is -0.504. The molecule has 0 N–H and O–H groups in total. The SMILES string of the molecule is COC(=O)C=C(C=O)CCC1C(C)=CC(=O)C2C(C)(C)CCCC12C. The van der Waals surface area contributed by atoms with Crippen LogP contribution in [0.4, 0.5) is 0 Å². The molecule has 2 aliphatic carbocycles. The number of esters is 1. The Kier molecular flexibility index (Phi) is 5.70. The van der Waals surface area contributed by atoms with E-state index in [1.807, 2.05) is 13.0 Å². The van der Waals surface area contributed by atoms with Crippen LogP contribution < -0.4 is 0 Å². The minimum Gasteiger partial charge on any atom is -0.466 e. The van der Waals surface area contributed by atoms with Gasteiger partial charge in [0, 0.05) is 12.0 Å². The molecule has 1 saturated carbocycles. The van der Waals surface area contributed by atoms with Crippen LogP contribution in [-0.4, -0.2) is 25.1 Å². The lowest BCUT2D eigenvalue weighted by Gasteiger charge is -2.55. The van der Waals surface area contributed by atoms with Crippen molar-refractivity contribution in [1.82, 2.24) is 0 Å². The molecule has 138 valence electrons. The van der Waals surface area contributed by atoms with Crippen molar-refractivity contribution in [3.8, 4) is 0 Å². The molecular weight excluding hydrogens is 316 g/mol. The van der Waals surface area contributed by atoms with Crippen LogP contribution in [0, 0.1) is 22.7 Å². The summed E-state index contributed by atoms with van der Waals surface area (Å²) in [7, 11) is 1.30. The average Bonchev–Trinajstić information content (AvgIpc) is 2.51. The highest BCUT2D eigenvalue weighted by atomic mass is 16.5. The van der Waals surface area contributed by atoms with Crippen LogP contribution in [0.1, 0.15) is 59.8 Å². The first-order valence-corrected chi connectivity index (χ1v) is 9.11. The minimum absolute atomic E-state index is 0.00508. The molecule has 0 bridgehead atoms. The maximum Gasteiger partial charge on any atom is 0.330 e. The van der Waals surface area contributed by atoms with Gasteiger partial charge >= 0.3 is 5.97 Å². The zero-order chi connectivity index (χ0) is 18.8. The first kappa shape index (κ1) is 19.6. The van der Waals surface area contributed by atoms with E-state index in [0.717, 1.165) is 37.5 Å². The summed E-state index contributed by atoms with van der Waals surface area (Å²) >= 11 is 0. The molecule has 0 amide bonds. The van der Waals surface area contributed by atoms with Gasteiger partial charge in [0.2, 0.25) is 0 Å². The van der Waals surface area contributed by atoms with Crippen molar-refractivity contribution in [3.63, 3.8) is 0 Å². The van der Waals surface area contributed by atoms with Gasteiger partial charge in [0.05, 0.1) is 7.11 Å². The second-order valence-electron chi connectivity index (χ2n) is 8.52. The Hall–Kier alpha value is -1.71. The fraction of sp³-hybridized carbons (Fsp3) is 0.667. The van der Waals surface area contributed by atoms with E-state index in [2.05, 4.69) is 25.5 Å². The van der Waals surface area contributed by atoms with E-state index in [-0.39, 0.29) is 28.4 Å². The van der Waals surface area contributed by atoms with Crippen LogP contribution in [-0.2, 0) is 19.1 Å². The van der Waals surface area contributed by atoms with Gasteiger partial charge in [-0.3, -0.25) is 9.59 Å². The maximum absolute atomic E-state index is 12.8. The molecule has 4 nitrogen and oxygen atoms in total. The standard InChI is InChI=1S/C21H30O4/c1-14-11-17(23)19-20(2,3)9-6-10-21(19,4)16(14)8-7-15(13-22)12-18(24)25-5/h11-13,16,19H,6-10H2,1-5H3.